The van der Waals surface area contributed by atoms with E-state index in [9.17, 15) is 14.4 Å². The summed E-state index contributed by atoms with van der Waals surface area (Å²) in [6.45, 7) is 6.97. The summed E-state index contributed by atoms with van der Waals surface area (Å²) in [7, 11) is 3.04. The minimum absolute atomic E-state index is 0.0113. The largest absolute Gasteiger partial charge is 0.497 e. The van der Waals surface area contributed by atoms with Crippen LogP contribution in [0.1, 0.15) is 38.1 Å². The molecule has 1 amide bonds. The van der Waals surface area contributed by atoms with Crippen molar-refractivity contribution in [2.24, 2.45) is 0 Å². The van der Waals surface area contributed by atoms with Crippen molar-refractivity contribution in [3.8, 4) is 11.5 Å². The van der Waals surface area contributed by atoms with E-state index in [1.807, 2.05) is 0 Å². The average Bonchev–Trinajstić information content (AvgIpc) is 3.08. The molecule has 0 saturated carbocycles. The summed E-state index contributed by atoms with van der Waals surface area (Å²) in [6.07, 6.45) is 1.43. The number of anilines is 1. The highest BCUT2D eigenvalue weighted by atomic mass is 32.1. The second-order valence-electron chi connectivity index (χ2n) is 6.27. The van der Waals surface area contributed by atoms with Crippen molar-refractivity contribution in [1.82, 2.24) is 0 Å². The zero-order valence-electron chi connectivity index (χ0n) is 17.9. The summed E-state index contributed by atoms with van der Waals surface area (Å²) in [5.41, 5.74) is 1.15. The Kier molecular flexibility index (Phi) is 8.63. The number of thiophene rings is 1. The van der Waals surface area contributed by atoms with Crippen LogP contribution in [0.25, 0.3) is 0 Å². The lowest BCUT2D eigenvalue weighted by Gasteiger charge is -2.11. The number of carbonyl (C=O) groups is 3. The fourth-order valence-electron chi connectivity index (χ4n) is 2.79. The molecule has 1 aromatic carbocycles. The van der Waals surface area contributed by atoms with Gasteiger partial charge >= 0.3 is 11.9 Å². The predicted octanol–water partition coefficient (Wildman–Crippen LogP) is 3.77. The third-order valence-corrected chi connectivity index (χ3v) is 5.43. The molecule has 1 heterocycles. The summed E-state index contributed by atoms with van der Waals surface area (Å²) < 4.78 is 20.7. The molecule has 0 radical (unpaired) electrons. The van der Waals surface area contributed by atoms with Crippen LogP contribution < -0.4 is 14.8 Å². The Morgan fingerprint density at radius 3 is 2.48 bits per heavy atom. The summed E-state index contributed by atoms with van der Waals surface area (Å²) in [6, 6.07) is 5.12. The third-order valence-electron chi connectivity index (χ3n) is 4.24. The molecular formula is C22H25NO7S. The number of hydrogen-bond acceptors (Lipinski definition) is 8. The van der Waals surface area contributed by atoms with Crippen LogP contribution in [0.5, 0.6) is 11.5 Å². The molecule has 2 aromatic rings. The van der Waals surface area contributed by atoms with Gasteiger partial charge in [0.25, 0.3) is 0 Å². The Hall–Kier alpha value is -3.33. The molecule has 1 aromatic heterocycles. The Balaban J connectivity index is 2.32. The van der Waals surface area contributed by atoms with Gasteiger partial charge in [0, 0.05) is 11.6 Å². The molecule has 0 aliphatic heterocycles. The number of carbonyl (C=O) groups excluding carboxylic acids is 3. The number of nitrogens with one attached hydrogen (secondary N) is 1. The van der Waals surface area contributed by atoms with Crippen LogP contribution in [0.4, 0.5) is 5.00 Å². The van der Waals surface area contributed by atoms with E-state index in [0.29, 0.717) is 22.6 Å². The van der Waals surface area contributed by atoms with Crippen LogP contribution in [0, 0.1) is 6.92 Å². The number of ether oxygens (including phenoxy) is 4. The Bertz CT molecular complexity index is 980. The van der Waals surface area contributed by atoms with E-state index in [2.05, 4.69) is 11.9 Å². The molecule has 0 bridgehead atoms. The van der Waals surface area contributed by atoms with E-state index in [4.69, 9.17) is 18.9 Å². The topological polar surface area (TPSA) is 100 Å². The molecule has 8 nitrogen and oxygen atoms in total. The smallest absolute Gasteiger partial charge is 0.348 e. The number of esters is 2. The summed E-state index contributed by atoms with van der Waals surface area (Å²) in [5.74, 6) is -0.527. The zero-order chi connectivity index (χ0) is 23.0. The van der Waals surface area contributed by atoms with Crippen LogP contribution >= 0.6 is 11.3 Å². The molecule has 166 valence electrons. The quantitative estimate of drug-likeness (QED) is 0.437. The van der Waals surface area contributed by atoms with Gasteiger partial charge in [0.15, 0.2) is 0 Å². The number of hydrogen-bond donors (Lipinski definition) is 1. The third kappa shape index (κ3) is 5.85. The highest BCUT2D eigenvalue weighted by molar-refractivity contribution is 7.18. The van der Waals surface area contributed by atoms with E-state index < -0.39 is 11.9 Å². The van der Waals surface area contributed by atoms with Gasteiger partial charge in [-0.15, -0.1) is 11.3 Å². The maximum Gasteiger partial charge on any atom is 0.348 e. The number of amides is 1. The molecule has 0 aliphatic rings. The first-order valence-electron chi connectivity index (χ1n) is 9.45. The van der Waals surface area contributed by atoms with Crippen LogP contribution in [-0.2, 0) is 20.7 Å². The molecule has 0 unspecified atom stereocenters. The normalized spacial score (nSPS) is 10.2. The molecule has 0 aliphatic carbocycles. The highest BCUT2D eigenvalue weighted by Gasteiger charge is 2.27. The van der Waals surface area contributed by atoms with E-state index >= 15 is 0 Å². The monoisotopic (exact) mass is 447 g/mol. The summed E-state index contributed by atoms with van der Waals surface area (Å²) >= 11 is 0.961. The second kappa shape index (κ2) is 11.2. The molecule has 9 heteroatoms. The fourth-order valence-corrected chi connectivity index (χ4v) is 3.89. The maximum atomic E-state index is 12.7. The van der Waals surface area contributed by atoms with E-state index in [0.717, 1.165) is 11.3 Å². The fraction of sp³-hybridized carbons (Fsp3) is 0.318. The van der Waals surface area contributed by atoms with Crippen molar-refractivity contribution in [3.05, 3.63) is 52.4 Å². The minimum Gasteiger partial charge on any atom is -0.497 e. The first kappa shape index (κ1) is 23.9. The molecule has 2 rings (SSSR count). The van der Waals surface area contributed by atoms with Crippen molar-refractivity contribution in [2.45, 2.75) is 20.3 Å². The molecule has 1 N–H and O–H groups in total. The first-order valence-corrected chi connectivity index (χ1v) is 10.3. The molecule has 31 heavy (non-hydrogen) atoms. The van der Waals surface area contributed by atoms with Crippen molar-refractivity contribution in [1.29, 1.82) is 0 Å². The van der Waals surface area contributed by atoms with Crippen molar-refractivity contribution in [2.75, 3.05) is 32.8 Å². The van der Waals surface area contributed by atoms with Crippen molar-refractivity contribution >= 4 is 34.2 Å². The molecule has 0 saturated heterocycles. The molecule has 0 fully saturated rings. The Labute approximate surface area is 184 Å². The number of methoxy groups -OCH3 is 2. The minimum atomic E-state index is -0.628. The maximum absolute atomic E-state index is 12.7. The van der Waals surface area contributed by atoms with Gasteiger partial charge in [-0.05, 0) is 25.5 Å². The van der Waals surface area contributed by atoms with Gasteiger partial charge in [0.05, 0.1) is 32.8 Å². The average molecular weight is 448 g/mol. The Morgan fingerprint density at radius 2 is 1.87 bits per heavy atom. The van der Waals surface area contributed by atoms with Crippen molar-refractivity contribution < 1.29 is 33.3 Å². The van der Waals surface area contributed by atoms with E-state index in [1.165, 1.54) is 20.3 Å². The number of benzene rings is 1. The SMILES string of the molecule is C=CCOC(=O)c1sc(NC(=O)Cc2ccc(OC)cc2OC)c(C(=O)OCC)c1C. The van der Waals surface area contributed by atoms with E-state index in [-0.39, 0.29) is 41.0 Å². The van der Waals surface area contributed by atoms with Gasteiger partial charge in [0.2, 0.25) is 5.91 Å². The predicted molar refractivity (Wildman–Crippen MR) is 117 cm³/mol. The van der Waals surface area contributed by atoms with Crippen LogP contribution in [0.15, 0.2) is 30.9 Å². The first-order chi connectivity index (χ1) is 14.9. The van der Waals surface area contributed by atoms with Crippen LogP contribution in [0.3, 0.4) is 0 Å². The van der Waals surface area contributed by atoms with E-state index in [1.54, 1.807) is 32.0 Å². The zero-order valence-corrected chi connectivity index (χ0v) is 18.7. The van der Waals surface area contributed by atoms with Crippen LogP contribution in [-0.4, -0.2) is 45.3 Å². The van der Waals surface area contributed by atoms with Crippen LogP contribution in [0.2, 0.25) is 0 Å². The standard InChI is InChI=1S/C22H25NO7S/c1-6-10-30-22(26)19-13(3)18(21(25)29-7-2)20(31-19)23-17(24)11-14-8-9-15(27-4)12-16(14)28-5/h6,8-9,12H,1,7,10-11H2,2-5H3,(H,23,24). The number of rotatable bonds is 10. The van der Waals surface area contributed by atoms with Gasteiger partial charge in [-0.25, -0.2) is 9.59 Å². The molecule has 0 atom stereocenters. The van der Waals surface area contributed by atoms with Gasteiger partial charge in [-0.2, -0.15) is 0 Å². The highest BCUT2D eigenvalue weighted by Crippen LogP contribution is 2.35. The second-order valence-corrected chi connectivity index (χ2v) is 7.29. The van der Waals surface area contributed by atoms with Crippen molar-refractivity contribution in [3.63, 3.8) is 0 Å². The van der Waals surface area contributed by atoms with Gasteiger partial charge in [-0.3, -0.25) is 4.79 Å². The molecular weight excluding hydrogens is 422 g/mol. The van der Waals surface area contributed by atoms with Gasteiger partial charge < -0.3 is 24.3 Å². The molecule has 0 spiro atoms. The Morgan fingerprint density at radius 1 is 1.13 bits per heavy atom. The summed E-state index contributed by atoms with van der Waals surface area (Å²) in [5, 5.41) is 2.94. The lowest BCUT2D eigenvalue weighted by Crippen LogP contribution is -2.17. The lowest BCUT2D eigenvalue weighted by atomic mass is 10.1. The van der Waals surface area contributed by atoms with Gasteiger partial charge in [-0.1, -0.05) is 18.7 Å². The lowest BCUT2D eigenvalue weighted by molar-refractivity contribution is -0.115. The summed E-state index contributed by atoms with van der Waals surface area (Å²) in [4.78, 5) is 37.8. The van der Waals surface area contributed by atoms with Gasteiger partial charge in [0.1, 0.15) is 28.0 Å².